The highest BCUT2D eigenvalue weighted by atomic mass is 16.1. The number of aromatic nitrogens is 1. The van der Waals surface area contributed by atoms with E-state index in [4.69, 9.17) is 0 Å². The lowest BCUT2D eigenvalue weighted by atomic mass is 10.1. The Morgan fingerprint density at radius 1 is 1.10 bits per heavy atom. The zero-order valence-electron chi connectivity index (χ0n) is 13.1. The summed E-state index contributed by atoms with van der Waals surface area (Å²) in [5.41, 5.74) is 2.96. The van der Waals surface area contributed by atoms with E-state index in [1.54, 1.807) is 0 Å². The molecule has 21 heavy (non-hydrogen) atoms. The molecule has 0 amide bonds. The molecule has 2 rings (SSSR count). The van der Waals surface area contributed by atoms with E-state index in [2.05, 4.69) is 24.1 Å². The molecule has 0 aliphatic heterocycles. The molecule has 0 fully saturated rings. The minimum absolute atomic E-state index is 0.164. The summed E-state index contributed by atoms with van der Waals surface area (Å²) in [7, 11) is 0. The van der Waals surface area contributed by atoms with Crippen LogP contribution in [0.15, 0.2) is 41.2 Å². The smallest absolute Gasteiger partial charge is 0.193 e. The van der Waals surface area contributed by atoms with Gasteiger partial charge in [0.15, 0.2) is 5.43 Å². The van der Waals surface area contributed by atoms with Gasteiger partial charge < -0.3 is 4.98 Å². The third kappa shape index (κ3) is 4.07. The molecule has 0 radical (unpaired) electrons. The van der Waals surface area contributed by atoms with Gasteiger partial charge in [-0.3, -0.25) is 4.79 Å². The average Bonchev–Trinajstić information content (AvgIpc) is 2.49. The van der Waals surface area contributed by atoms with Gasteiger partial charge in [-0.2, -0.15) is 0 Å². The van der Waals surface area contributed by atoms with Gasteiger partial charge in [-0.25, -0.2) is 0 Å². The first kappa shape index (κ1) is 15.6. The summed E-state index contributed by atoms with van der Waals surface area (Å²) >= 11 is 0. The van der Waals surface area contributed by atoms with Crippen LogP contribution in [0.3, 0.4) is 0 Å². The lowest BCUT2D eigenvalue weighted by molar-refractivity contribution is 0.674. The monoisotopic (exact) mass is 283 g/mol. The fourth-order valence-electron chi connectivity index (χ4n) is 2.65. The zero-order chi connectivity index (χ0) is 15.1. The molecular weight excluding hydrogens is 258 g/mol. The van der Waals surface area contributed by atoms with Gasteiger partial charge in [0, 0.05) is 22.2 Å². The second kappa shape index (κ2) is 7.82. The normalized spacial score (nSPS) is 11.5. The number of benzene rings is 1. The van der Waals surface area contributed by atoms with Crippen molar-refractivity contribution in [3.05, 3.63) is 57.9 Å². The molecule has 112 valence electrons. The minimum atomic E-state index is 0.164. The lowest BCUT2D eigenvalue weighted by Gasteiger charge is -2.06. The second-order valence-electron chi connectivity index (χ2n) is 5.63. The number of rotatable bonds is 7. The molecule has 0 bridgehead atoms. The summed E-state index contributed by atoms with van der Waals surface area (Å²) < 4.78 is 0. The predicted octanol–water partition coefficient (Wildman–Crippen LogP) is 4.91. The number of pyridine rings is 1. The molecule has 0 unspecified atom stereocenters. The molecule has 1 aromatic heterocycles. The van der Waals surface area contributed by atoms with Gasteiger partial charge in [0.25, 0.3) is 0 Å². The van der Waals surface area contributed by atoms with E-state index in [0.717, 1.165) is 35.0 Å². The first-order valence-electron chi connectivity index (χ1n) is 7.99. The van der Waals surface area contributed by atoms with Crippen molar-refractivity contribution in [2.24, 2.45) is 0 Å². The van der Waals surface area contributed by atoms with Gasteiger partial charge in [-0.05, 0) is 38.3 Å². The van der Waals surface area contributed by atoms with E-state index in [-0.39, 0.29) is 5.43 Å². The molecular formula is C19H25NO. The summed E-state index contributed by atoms with van der Waals surface area (Å²) in [5, 5.41) is 0.787. The predicted molar refractivity (Wildman–Crippen MR) is 90.9 cm³/mol. The van der Waals surface area contributed by atoms with Crippen LogP contribution in [0, 0.1) is 6.92 Å². The van der Waals surface area contributed by atoms with E-state index >= 15 is 0 Å². The highest BCUT2D eigenvalue weighted by Gasteiger charge is 2.06. The van der Waals surface area contributed by atoms with Gasteiger partial charge in [-0.1, -0.05) is 50.5 Å². The molecule has 1 aromatic carbocycles. The maximum Gasteiger partial charge on any atom is 0.193 e. The van der Waals surface area contributed by atoms with Crippen LogP contribution in [0.1, 0.15) is 50.3 Å². The topological polar surface area (TPSA) is 32.9 Å². The molecule has 0 aliphatic rings. The quantitative estimate of drug-likeness (QED) is 0.568. The molecule has 0 aliphatic carbocycles. The van der Waals surface area contributed by atoms with Crippen LogP contribution in [0.2, 0.25) is 0 Å². The summed E-state index contributed by atoms with van der Waals surface area (Å²) in [6.07, 6.45) is 11.3. The molecule has 1 N–H and O–H groups in total. The number of nitrogens with one attached hydrogen (secondary N) is 1. The highest BCUT2D eigenvalue weighted by molar-refractivity contribution is 5.79. The van der Waals surface area contributed by atoms with Gasteiger partial charge in [0.05, 0.1) is 0 Å². The Labute approximate surface area is 126 Å². The number of aryl methyl sites for hydroxylation is 1. The Bertz CT molecular complexity index is 667. The number of H-pyrrole nitrogens is 1. The van der Waals surface area contributed by atoms with E-state index in [1.165, 1.54) is 25.7 Å². The van der Waals surface area contributed by atoms with Crippen molar-refractivity contribution >= 4 is 10.9 Å². The summed E-state index contributed by atoms with van der Waals surface area (Å²) in [4.78, 5) is 15.8. The summed E-state index contributed by atoms with van der Waals surface area (Å²) in [6, 6.07) is 7.72. The van der Waals surface area contributed by atoms with Crippen LogP contribution in [0.4, 0.5) is 0 Å². The van der Waals surface area contributed by atoms with Crippen LogP contribution in [-0.2, 0) is 6.42 Å². The molecule has 2 nitrogen and oxygen atoms in total. The van der Waals surface area contributed by atoms with E-state index in [9.17, 15) is 4.79 Å². The van der Waals surface area contributed by atoms with Crippen molar-refractivity contribution < 1.29 is 0 Å². The number of aromatic amines is 1. The number of fused-ring (bicyclic) bond motifs is 1. The average molecular weight is 283 g/mol. The third-order valence-electron chi connectivity index (χ3n) is 3.93. The molecule has 2 aromatic rings. The SMILES string of the molecule is CCCCCC/C=C\Cc1c(C)[nH]c2ccccc2c1=O. The molecule has 0 atom stereocenters. The van der Waals surface area contributed by atoms with Gasteiger partial charge in [0.1, 0.15) is 0 Å². The molecule has 2 heteroatoms. The standard InChI is InChI=1S/C19H25NO/c1-3-4-5-6-7-8-9-12-16-15(2)20-18-14-11-10-13-17(18)19(16)21/h8-11,13-14H,3-7,12H2,1-2H3,(H,20,21)/b9-8-. The Morgan fingerprint density at radius 2 is 1.90 bits per heavy atom. The van der Waals surface area contributed by atoms with Crippen molar-refractivity contribution in [3.63, 3.8) is 0 Å². The first-order chi connectivity index (χ1) is 10.2. The number of hydrogen-bond donors (Lipinski definition) is 1. The fourth-order valence-corrected chi connectivity index (χ4v) is 2.65. The third-order valence-corrected chi connectivity index (χ3v) is 3.93. The van der Waals surface area contributed by atoms with Crippen LogP contribution < -0.4 is 5.43 Å². The van der Waals surface area contributed by atoms with Crippen molar-refractivity contribution in [3.8, 4) is 0 Å². The van der Waals surface area contributed by atoms with Crippen LogP contribution in [-0.4, -0.2) is 4.98 Å². The summed E-state index contributed by atoms with van der Waals surface area (Å²) in [5.74, 6) is 0. The Hall–Kier alpha value is -1.83. The Morgan fingerprint density at radius 3 is 2.71 bits per heavy atom. The van der Waals surface area contributed by atoms with Crippen molar-refractivity contribution in [2.45, 2.75) is 52.4 Å². The van der Waals surface area contributed by atoms with E-state index in [1.807, 2.05) is 31.2 Å². The van der Waals surface area contributed by atoms with Gasteiger partial charge in [0.2, 0.25) is 0 Å². The summed E-state index contributed by atoms with van der Waals surface area (Å²) in [6.45, 7) is 4.21. The van der Waals surface area contributed by atoms with Crippen LogP contribution in [0.25, 0.3) is 10.9 Å². The lowest BCUT2D eigenvalue weighted by Crippen LogP contribution is -2.12. The minimum Gasteiger partial charge on any atom is -0.358 e. The van der Waals surface area contributed by atoms with Crippen molar-refractivity contribution in [1.29, 1.82) is 0 Å². The molecule has 0 spiro atoms. The molecule has 1 heterocycles. The van der Waals surface area contributed by atoms with Gasteiger partial charge >= 0.3 is 0 Å². The maximum absolute atomic E-state index is 12.5. The van der Waals surface area contributed by atoms with Gasteiger partial charge in [-0.15, -0.1) is 0 Å². The largest absolute Gasteiger partial charge is 0.358 e. The second-order valence-corrected chi connectivity index (χ2v) is 5.63. The molecule has 0 saturated heterocycles. The van der Waals surface area contributed by atoms with Crippen molar-refractivity contribution in [1.82, 2.24) is 4.98 Å². The Balaban J connectivity index is 2.05. The van der Waals surface area contributed by atoms with Crippen LogP contribution >= 0.6 is 0 Å². The van der Waals surface area contributed by atoms with E-state index < -0.39 is 0 Å². The highest BCUT2D eigenvalue weighted by Crippen LogP contribution is 2.12. The van der Waals surface area contributed by atoms with E-state index in [0.29, 0.717) is 0 Å². The molecule has 0 saturated carbocycles. The number of para-hydroxylation sites is 1. The number of unbranched alkanes of at least 4 members (excludes halogenated alkanes) is 4. The fraction of sp³-hybridized carbons (Fsp3) is 0.421. The van der Waals surface area contributed by atoms with Crippen LogP contribution in [0.5, 0.6) is 0 Å². The number of allylic oxidation sites excluding steroid dienone is 2. The first-order valence-corrected chi connectivity index (χ1v) is 7.99. The zero-order valence-corrected chi connectivity index (χ0v) is 13.1. The maximum atomic E-state index is 12.5. The Kier molecular flexibility index (Phi) is 5.79. The van der Waals surface area contributed by atoms with Crippen molar-refractivity contribution in [2.75, 3.05) is 0 Å². The number of hydrogen-bond acceptors (Lipinski definition) is 1.